The molecule has 0 aliphatic carbocycles. The Bertz CT molecular complexity index is 5620. The van der Waals surface area contributed by atoms with Crippen LogP contribution in [0.3, 0.4) is 0 Å². The molecule has 15 rings (SSSR count). The summed E-state index contributed by atoms with van der Waals surface area (Å²) in [6.07, 6.45) is -6.48. The van der Waals surface area contributed by atoms with E-state index in [1.807, 2.05) is 122 Å². The average Bonchev–Trinajstić information content (AvgIpc) is 0.839. The summed E-state index contributed by atoms with van der Waals surface area (Å²) in [5, 5.41) is 49.3. The maximum atomic E-state index is 12.6. The first-order valence-electron chi connectivity index (χ1n) is 39.8. The number of aromatic nitrogens is 6. The van der Waals surface area contributed by atoms with E-state index in [1.54, 1.807) is 32.2 Å². The fourth-order valence-corrected chi connectivity index (χ4v) is 16.4. The summed E-state index contributed by atoms with van der Waals surface area (Å²) in [4.78, 5) is 53.1. The van der Waals surface area contributed by atoms with Crippen LogP contribution in [-0.2, 0) is 102 Å². The number of halogens is 14. The maximum Gasteiger partial charge on any atom is 0.459 e. The van der Waals surface area contributed by atoms with Crippen LogP contribution in [0.2, 0.25) is 0 Å². The molecule has 14 nitrogen and oxygen atoms in total. The molecule has 0 fully saturated rings. The molecule has 0 aliphatic rings. The van der Waals surface area contributed by atoms with Crippen molar-refractivity contribution in [3.63, 3.8) is 0 Å². The molecule has 9 aromatic carbocycles. The van der Waals surface area contributed by atoms with Crippen molar-refractivity contribution in [1.29, 1.82) is 0 Å². The Hall–Kier alpha value is -11.6. The van der Waals surface area contributed by atoms with Gasteiger partial charge in [0.05, 0.1) is 45.0 Å². The monoisotopic (exact) mass is 2620 g/mol. The van der Waals surface area contributed by atoms with E-state index in [2.05, 4.69) is 250 Å². The smallest absolute Gasteiger partial charge is 0.459 e. The van der Waals surface area contributed by atoms with E-state index < -0.39 is 75.5 Å². The Kier molecular flexibility index (Phi) is 52.4. The van der Waals surface area contributed by atoms with Crippen LogP contribution in [0.1, 0.15) is 58.7 Å². The van der Waals surface area contributed by atoms with Gasteiger partial charge in [0.15, 0.2) is 0 Å². The van der Waals surface area contributed by atoms with Crippen LogP contribution in [0.4, 0.5) is 61.5 Å². The summed E-state index contributed by atoms with van der Waals surface area (Å²) >= 11 is 0. The van der Waals surface area contributed by atoms with Gasteiger partial charge >= 0.3 is 36.3 Å². The topological polar surface area (TPSA) is 235 Å². The molecule has 6 aromatic heterocycles. The Morgan fingerprint density at radius 2 is 0.809 bits per heavy atom. The first-order valence-corrected chi connectivity index (χ1v) is 42.9. The number of nitrogens with zero attached hydrogens (tertiary/aromatic N) is 6. The Morgan fingerprint density at radius 3 is 1.12 bits per heavy atom. The minimum Gasteiger partial charge on any atom is -0.544 e. The number of carboxylic acids is 3. The van der Waals surface area contributed by atoms with E-state index in [1.165, 1.54) is 73.9 Å². The normalized spacial score (nSPS) is 11.1. The van der Waals surface area contributed by atoms with Crippen LogP contribution in [0, 0.1) is 37.9 Å². The maximum absolute atomic E-state index is 12.6. The number of hydrogen-bond donors (Lipinski definition) is 3. The van der Waals surface area contributed by atoms with E-state index in [0.717, 1.165) is 69.8 Å². The first-order chi connectivity index (χ1) is 62.8. The van der Waals surface area contributed by atoms with E-state index in [-0.39, 0.29) is 98.0 Å². The van der Waals surface area contributed by atoms with E-state index in [4.69, 9.17) is 35.1 Å². The Balaban J connectivity index is 0.000000406. The molecule has 717 valence electrons. The molecule has 0 amide bonds. The molecule has 3 radical (unpaired) electrons. The molecule has 0 bridgehead atoms. The molecule has 0 saturated carbocycles. The molecule has 2 atom stereocenters. The van der Waals surface area contributed by atoms with Crippen molar-refractivity contribution in [3.8, 4) is 56.2 Å². The van der Waals surface area contributed by atoms with Gasteiger partial charge in [-0.1, -0.05) is 184 Å². The van der Waals surface area contributed by atoms with Crippen molar-refractivity contribution in [1.82, 2.24) is 29.9 Å². The predicted molar refractivity (Wildman–Crippen MR) is 483 cm³/mol. The van der Waals surface area contributed by atoms with Crippen molar-refractivity contribution in [3.05, 3.63) is 434 Å². The number of rotatable bonds is 18. The van der Waals surface area contributed by atoms with Crippen LogP contribution in [-0.4, -0.2) is 99.5 Å². The van der Waals surface area contributed by atoms with Gasteiger partial charge in [0.1, 0.15) is 50.5 Å². The number of pyridine rings is 6. The molecule has 15 aromatic rings. The molecule has 3 N–H and O–H groups in total. The molecule has 136 heavy (non-hydrogen) atoms. The molecular weight excluding hydrogens is 2530 g/mol. The number of carboxylic acid groups (broad SMARTS) is 3. The number of aliphatic hydroxyl groups is 2. The summed E-state index contributed by atoms with van der Waals surface area (Å²) in [5.74, 6) is -14.8. The van der Waals surface area contributed by atoms with Crippen molar-refractivity contribution < 1.29 is 181 Å². The van der Waals surface area contributed by atoms with Gasteiger partial charge in [-0.3, -0.25) is 19.3 Å². The second-order valence-corrected chi connectivity index (χ2v) is 32.7. The van der Waals surface area contributed by atoms with E-state index >= 15 is 0 Å². The zero-order valence-corrected chi connectivity index (χ0v) is 83.8. The number of aliphatic carboxylic acids is 2. The molecule has 6 heterocycles. The van der Waals surface area contributed by atoms with Gasteiger partial charge in [0, 0.05) is 129 Å². The Labute approximate surface area is 833 Å². The number of carbonyl (C=O) groups excluding carboxylic acids is 2. The SMILES string of the molecule is C(=C[PH+](c1ccccc1)c1ccccc1)[PH+](c1ccccc1)c1ccccc1.CC(O)CC(C)O.Cc1[c-]c(-c2ccccn2)cc(C)c1.Fc1c[c-]c(-c2ccc(C(F)(F)F)cn2)cc1.O=C(O)c1ccccn1.O=C([O-])C(F)(F)C(F)(F)F.O=C([O-])C(F)(F)C(F)(F)F.[Ir].[Ir].[Ir].[Os].[c-]1ccccc1Cc1ccccn1.c1ccc(-c2ccnc(-c3cc(-c4ccccc4)ccn3)c2)cc1. The third-order valence-corrected chi connectivity index (χ3v) is 22.8. The van der Waals surface area contributed by atoms with Crippen molar-refractivity contribution in [2.24, 2.45) is 0 Å². The third-order valence-electron chi connectivity index (χ3n) is 17.6. The summed E-state index contributed by atoms with van der Waals surface area (Å²) in [6.45, 7) is 7.46. The molecule has 0 aliphatic heterocycles. The van der Waals surface area contributed by atoms with E-state index in [0.29, 0.717) is 17.7 Å². The second kappa shape index (κ2) is 60.1. The van der Waals surface area contributed by atoms with Crippen LogP contribution in [0.15, 0.2) is 376 Å². The van der Waals surface area contributed by atoms with E-state index in [9.17, 15) is 66.3 Å². The number of aromatic carboxylic acids is 1. The van der Waals surface area contributed by atoms with Gasteiger partial charge in [-0.15, -0.1) is 64.7 Å². The summed E-state index contributed by atoms with van der Waals surface area (Å²) in [6, 6.07) is 116. The van der Waals surface area contributed by atoms with Crippen LogP contribution in [0.25, 0.3) is 56.2 Å². The van der Waals surface area contributed by atoms with Gasteiger partial charge in [-0.2, -0.15) is 93.0 Å². The van der Waals surface area contributed by atoms with Gasteiger partial charge in [-0.25, -0.2) is 9.78 Å². The summed E-state index contributed by atoms with van der Waals surface area (Å²) < 4.78 is 160. The number of carbonyl (C=O) groups is 3. The van der Waals surface area contributed by atoms with Crippen LogP contribution in [0.5, 0.6) is 0 Å². The van der Waals surface area contributed by atoms with Gasteiger partial charge in [-0.05, 0) is 163 Å². The largest absolute Gasteiger partial charge is 0.544 e. The third kappa shape index (κ3) is 41.1. The van der Waals surface area contributed by atoms with Gasteiger partial charge in [0.25, 0.3) is 0 Å². The Morgan fingerprint density at radius 1 is 0.412 bits per heavy atom. The standard InChI is InChI=1S/C26H22P2.C22H16N2.C13H12N.C12H6F4N.C12H10N.C6H5NO2.C5H12O2.2C3HF5O2.3Ir.Os/c1-5-13-23(14-6-1)27(24-15-7-2-8-16-24)21-22-28(25-17-9-3-10-18-25)26-19-11-4-12-20-26;1-3-7-17(8-4-1)19-11-13-23-21(15-19)22-16-20(12-14-24-22)18-9-5-2-6-10-18;1-10-7-11(2)9-12(8-10)13-5-3-4-6-14-13;13-10-4-1-8(2-5-10)11-6-3-9(7-17-11)12(14,15)16;1-2-6-11(7-3-1)10-12-8-4-5-9-13-12;8-6(9)5-3-1-2-4-7-5;1-4(6)3-5(2)7;2*4-2(5,1(9)10)3(6,7)8;;;;/h1-22H;1-16H;3-8H,1-2H3;1,3-7H;1-6,8-9H,10H2;1-4H,(H,8,9);4-7H,3H2,1-2H3;2*(H,9,10);;;;/q;;3*-1;;;;;;;;. The van der Waals surface area contributed by atoms with Crippen molar-refractivity contribution in [2.75, 3.05) is 0 Å². The van der Waals surface area contributed by atoms with Crippen molar-refractivity contribution >= 4 is 55.0 Å². The minimum absolute atomic E-state index is 0. The number of alkyl halides is 13. The predicted octanol–water partition coefficient (Wildman–Crippen LogP) is 20.8. The van der Waals surface area contributed by atoms with Crippen LogP contribution >= 0.6 is 15.8 Å². The number of hydrogen-bond acceptors (Lipinski definition) is 13. The zero-order valence-electron chi connectivity index (χ0n) is 72.1. The van der Waals surface area contributed by atoms with Crippen LogP contribution < -0.4 is 31.4 Å². The fourth-order valence-electron chi connectivity index (χ4n) is 11.4. The number of benzene rings is 9. The second-order valence-electron chi connectivity index (χ2n) is 28.1. The number of aliphatic hydroxyl groups excluding tert-OH is 2. The molecule has 34 heteroatoms. The molecule has 2 unspecified atom stereocenters. The van der Waals surface area contributed by atoms with Gasteiger partial charge < -0.3 is 45.1 Å². The zero-order chi connectivity index (χ0) is 96.3. The first kappa shape index (κ1) is 119. The van der Waals surface area contributed by atoms with Crippen molar-refractivity contribution in [2.45, 2.75) is 83.1 Å². The number of aryl methyl sites for hydroxylation is 2. The average molecular weight is 2620 g/mol. The molecular formula is C102H85F14Ir3N6O8OsP2-3. The minimum atomic E-state index is -6.08. The molecule has 0 saturated heterocycles. The summed E-state index contributed by atoms with van der Waals surface area (Å²) in [5.41, 5.74) is 13.2. The summed E-state index contributed by atoms with van der Waals surface area (Å²) in [7, 11) is -1.93. The quantitative estimate of drug-likeness (QED) is 0.0412. The molecule has 0 spiro atoms. The van der Waals surface area contributed by atoms with Gasteiger partial charge in [0.2, 0.25) is 0 Å². The fraction of sp³-hybridized carbons (Fsp3) is 0.127.